The topological polar surface area (TPSA) is 28.5 Å². The van der Waals surface area contributed by atoms with Crippen molar-refractivity contribution in [2.75, 3.05) is 13.1 Å². The van der Waals surface area contributed by atoms with E-state index in [2.05, 4.69) is 40.2 Å². The lowest BCUT2D eigenvalue weighted by Gasteiger charge is -2.32. The Morgan fingerprint density at radius 2 is 1.62 bits per heavy atom. The standard InChI is InChI=1S/C26H24BCl2N3/c28-22-7-6-21(16-23(22)29)24-25(19-8-12-30-13-9-19)31-26(27-24)20-10-14-32(15-11-20)17-18-4-2-1-3-5-18/h1-9,12-13,16,20,27H,10-11,14-15,17H2. The maximum Gasteiger partial charge on any atom is 0.214 e. The third kappa shape index (κ3) is 4.68. The number of hydrogen-bond donors (Lipinski definition) is 0. The quantitative estimate of drug-likeness (QED) is 0.439. The zero-order valence-electron chi connectivity index (χ0n) is 17.8. The fraction of sp³-hybridized carbons (Fsp3) is 0.231. The third-order valence-electron chi connectivity index (χ3n) is 6.43. The first kappa shape index (κ1) is 21.5. The van der Waals surface area contributed by atoms with E-state index in [1.54, 1.807) is 0 Å². The van der Waals surface area contributed by atoms with Gasteiger partial charge in [-0.3, -0.25) is 14.9 Å². The second kappa shape index (κ2) is 9.62. The highest BCUT2D eigenvalue weighted by Gasteiger charge is 2.30. The molecule has 1 aromatic heterocycles. The molecule has 1 fully saturated rings. The van der Waals surface area contributed by atoms with Crippen molar-refractivity contribution in [2.24, 2.45) is 10.9 Å². The first-order valence-corrected chi connectivity index (χ1v) is 11.9. The van der Waals surface area contributed by atoms with Crippen molar-refractivity contribution in [3.63, 3.8) is 0 Å². The van der Waals surface area contributed by atoms with E-state index in [0.717, 1.165) is 56.6 Å². The molecule has 2 aromatic carbocycles. The summed E-state index contributed by atoms with van der Waals surface area (Å²) in [5.74, 6) is 0.513. The molecule has 1 saturated heterocycles. The summed E-state index contributed by atoms with van der Waals surface area (Å²) in [6, 6.07) is 20.7. The molecule has 0 atom stereocenters. The minimum Gasteiger partial charge on any atom is -0.299 e. The normalized spacial score (nSPS) is 17.4. The Bertz CT molecular complexity index is 1150. The summed E-state index contributed by atoms with van der Waals surface area (Å²) in [6.07, 6.45) is 5.93. The summed E-state index contributed by atoms with van der Waals surface area (Å²) in [5.41, 5.74) is 7.11. The predicted molar refractivity (Wildman–Crippen MR) is 137 cm³/mol. The minimum absolute atomic E-state index is 0.513. The van der Waals surface area contributed by atoms with Crippen molar-refractivity contribution in [1.82, 2.24) is 9.88 Å². The lowest BCUT2D eigenvalue weighted by atomic mass is 9.59. The Hall–Kier alpha value is -2.40. The lowest BCUT2D eigenvalue weighted by molar-refractivity contribution is 0.202. The smallest absolute Gasteiger partial charge is 0.214 e. The van der Waals surface area contributed by atoms with Gasteiger partial charge in [0.1, 0.15) is 0 Å². The van der Waals surface area contributed by atoms with Crippen molar-refractivity contribution in [2.45, 2.75) is 19.4 Å². The maximum atomic E-state index is 6.35. The summed E-state index contributed by atoms with van der Waals surface area (Å²) in [4.78, 5) is 11.9. The van der Waals surface area contributed by atoms with Gasteiger partial charge in [-0.05, 0) is 78.3 Å². The molecule has 0 N–H and O–H groups in total. The van der Waals surface area contributed by atoms with Gasteiger partial charge in [0.25, 0.3) is 0 Å². The molecule has 32 heavy (non-hydrogen) atoms. The van der Waals surface area contributed by atoms with Gasteiger partial charge in [-0.1, -0.05) is 59.6 Å². The summed E-state index contributed by atoms with van der Waals surface area (Å²) in [6.45, 7) is 3.23. The van der Waals surface area contributed by atoms with E-state index in [1.165, 1.54) is 16.6 Å². The Morgan fingerprint density at radius 3 is 2.34 bits per heavy atom. The summed E-state index contributed by atoms with van der Waals surface area (Å²) in [7, 11) is 0.860. The predicted octanol–water partition coefficient (Wildman–Crippen LogP) is 5.98. The molecule has 5 rings (SSSR count). The SMILES string of the molecule is Clc1ccc(C2=C(c3ccncc3)N=C(C3CCN(Cc4ccccc4)CC3)B2)cc1Cl. The van der Waals surface area contributed by atoms with Gasteiger partial charge in [-0.15, -0.1) is 0 Å². The third-order valence-corrected chi connectivity index (χ3v) is 7.17. The van der Waals surface area contributed by atoms with Crippen molar-refractivity contribution in [3.8, 4) is 0 Å². The van der Waals surface area contributed by atoms with Crippen LogP contribution in [0, 0.1) is 5.92 Å². The van der Waals surface area contributed by atoms with Crippen molar-refractivity contribution in [1.29, 1.82) is 0 Å². The van der Waals surface area contributed by atoms with Crippen LogP contribution in [0.2, 0.25) is 10.0 Å². The second-order valence-electron chi connectivity index (χ2n) is 8.51. The van der Waals surface area contributed by atoms with E-state index < -0.39 is 0 Å². The van der Waals surface area contributed by atoms with Gasteiger partial charge in [0, 0.05) is 24.5 Å². The van der Waals surface area contributed by atoms with Crippen LogP contribution in [0.5, 0.6) is 0 Å². The molecule has 0 saturated carbocycles. The largest absolute Gasteiger partial charge is 0.299 e. The Kier molecular flexibility index (Phi) is 6.45. The van der Waals surface area contributed by atoms with Gasteiger partial charge in [-0.25, -0.2) is 0 Å². The molecule has 0 radical (unpaired) electrons. The first-order valence-electron chi connectivity index (χ1n) is 11.1. The molecule has 0 unspecified atom stereocenters. The van der Waals surface area contributed by atoms with Crippen LogP contribution in [0.25, 0.3) is 11.2 Å². The Balaban J connectivity index is 1.34. The molecule has 6 heteroatoms. The number of nitrogens with zero attached hydrogens (tertiary/aromatic N) is 3. The van der Waals surface area contributed by atoms with Crippen LogP contribution in [0.4, 0.5) is 0 Å². The zero-order valence-corrected chi connectivity index (χ0v) is 19.4. The molecular formula is C26H24BCl2N3. The molecule has 3 heterocycles. The van der Waals surface area contributed by atoms with Crippen LogP contribution in [0.15, 0.2) is 78.0 Å². The van der Waals surface area contributed by atoms with Crippen LogP contribution < -0.4 is 0 Å². The fourth-order valence-corrected chi connectivity index (χ4v) is 4.99. The van der Waals surface area contributed by atoms with E-state index >= 15 is 0 Å². The summed E-state index contributed by atoms with van der Waals surface area (Å²) >= 11 is 12.5. The van der Waals surface area contributed by atoms with Crippen LogP contribution in [0.1, 0.15) is 29.5 Å². The Morgan fingerprint density at radius 1 is 0.875 bits per heavy atom. The molecule has 2 aliphatic heterocycles. The van der Waals surface area contributed by atoms with Gasteiger partial charge in [0.05, 0.1) is 15.7 Å². The average Bonchev–Trinajstić information content (AvgIpc) is 3.28. The number of halogens is 2. The van der Waals surface area contributed by atoms with Crippen LogP contribution in [-0.2, 0) is 6.54 Å². The number of aromatic nitrogens is 1. The Labute approximate surface area is 200 Å². The van der Waals surface area contributed by atoms with Crippen molar-refractivity contribution < 1.29 is 0 Å². The monoisotopic (exact) mass is 459 g/mol. The van der Waals surface area contributed by atoms with Gasteiger partial charge >= 0.3 is 0 Å². The molecule has 3 nitrogen and oxygen atoms in total. The molecule has 0 amide bonds. The average molecular weight is 460 g/mol. The first-order chi connectivity index (χ1) is 15.7. The molecule has 0 spiro atoms. The maximum absolute atomic E-state index is 6.35. The van der Waals surface area contributed by atoms with Gasteiger partial charge in [0.15, 0.2) is 0 Å². The molecule has 3 aromatic rings. The fourth-order valence-electron chi connectivity index (χ4n) is 4.69. The summed E-state index contributed by atoms with van der Waals surface area (Å²) < 4.78 is 0. The van der Waals surface area contributed by atoms with E-state index in [1.807, 2.05) is 42.7 Å². The number of piperidine rings is 1. The van der Waals surface area contributed by atoms with Crippen molar-refractivity contribution >= 4 is 47.3 Å². The van der Waals surface area contributed by atoms with E-state index in [-0.39, 0.29) is 0 Å². The van der Waals surface area contributed by atoms with Crippen LogP contribution in [0.3, 0.4) is 0 Å². The highest BCUT2D eigenvalue weighted by molar-refractivity contribution is 6.93. The van der Waals surface area contributed by atoms with E-state index in [0.29, 0.717) is 16.0 Å². The molecule has 2 aliphatic rings. The lowest BCUT2D eigenvalue weighted by Crippen LogP contribution is -2.37. The van der Waals surface area contributed by atoms with E-state index in [4.69, 9.17) is 28.2 Å². The number of hydrogen-bond acceptors (Lipinski definition) is 3. The highest BCUT2D eigenvalue weighted by atomic mass is 35.5. The molecule has 0 aliphatic carbocycles. The zero-order chi connectivity index (χ0) is 21.9. The number of aliphatic imine (C=N–C) groups is 1. The summed E-state index contributed by atoms with van der Waals surface area (Å²) in [5, 5.41) is 1.15. The minimum atomic E-state index is 0.513. The molecule has 160 valence electrons. The highest BCUT2D eigenvalue weighted by Crippen LogP contribution is 2.36. The number of likely N-dealkylation sites (tertiary alicyclic amines) is 1. The number of rotatable bonds is 5. The number of pyridine rings is 1. The molecular weight excluding hydrogens is 436 g/mol. The second-order valence-corrected chi connectivity index (χ2v) is 9.32. The number of benzene rings is 2. The van der Waals surface area contributed by atoms with Crippen LogP contribution in [-0.4, -0.2) is 35.9 Å². The van der Waals surface area contributed by atoms with E-state index in [9.17, 15) is 0 Å². The van der Waals surface area contributed by atoms with Gasteiger partial charge < -0.3 is 0 Å². The van der Waals surface area contributed by atoms with Gasteiger partial charge in [-0.2, -0.15) is 0 Å². The molecule has 0 bridgehead atoms. The van der Waals surface area contributed by atoms with Crippen LogP contribution >= 0.6 is 23.2 Å². The van der Waals surface area contributed by atoms with Crippen molar-refractivity contribution in [3.05, 3.63) is 99.8 Å². The van der Waals surface area contributed by atoms with Gasteiger partial charge in [0.2, 0.25) is 7.28 Å².